The molecule has 0 spiro atoms. The standard InChI is InChI=1S/C14H26N2/c1-4-6-9-16-10-13(12-7-8-12)15-11-14(16,3)5-2/h4,6,12-13,15H,5,7-11H2,1-3H3/b6-4+. The number of hydrogen-bond acceptors (Lipinski definition) is 2. The summed E-state index contributed by atoms with van der Waals surface area (Å²) in [6.45, 7) is 10.3. The zero-order valence-corrected chi connectivity index (χ0v) is 11.0. The molecule has 0 radical (unpaired) electrons. The summed E-state index contributed by atoms with van der Waals surface area (Å²) >= 11 is 0. The minimum Gasteiger partial charge on any atom is -0.311 e. The second-order valence-corrected chi connectivity index (χ2v) is 5.65. The van der Waals surface area contributed by atoms with Crippen molar-refractivity contribution in [2.75, 3.05) is 19.6 Å². The highest BCUT2D eigenvalue weighted by Crippen LogP contribution is 2.36. The van der Waals surface area contributed by atoms with Gasteiger partial charge in [-0.15, -0.1) is 0 Å². The van der Waals surface area contributed by atoms with Crippen molar-refractivity contribution in [2.45, 2.75) is 51.6 Å². The highest BCUT2D eigenvalue weighted by atomic mass is 15.3. The third-order valence-corrected chi connectivity index (χ3v) is 4.44. The maximum atomic E-state index is 3.76. The first-order chi connectivity index (χ1) is 7.69. The molecule has 1 saturated heterocycles. The van der Waals surface area contributed by atoms with Crippen molar-refractivity contribution in [3.63, 3.8) is 0 Å². The predicted octanol–water partition coefficient (Wildman–Crippen LogP) is 2.42. The molecule has 0 bridgehead atoms. The van der Waals surface area contributed by atoms with Crippen molar-refractivity contribution >= 4 is 0 Å². The molecule has 16 heavy (non-hydrogen) atoms. The molecule has 2 rings (SSSR count). The molecule has 2 fully saturated rings. The highest BCUT2D eigenvalue weighted by molar-refractivity contribution is 5.01. The number of nitrogens with zero attached hydrogens (tertiary/aromatic N) is 1. The van der Waals surface area contributed by atoms with Gasteiger partial charge < -0.3 is 5.32 Å². The van der Waals surface area contributed by atoms with Crippen LogP contribution >= 0.6 is 0 Å². The van der Waals surface area contributed by atoms with E-state index in [-0.39, 0.29) is 0 Å². The van der Waals surface area contributed by atoms with Gasteiger partial charge in [0.25, 0.3) is 0 Å². The maximum absolute atomic E-state index is 3.76. The molecular weight excluding hydrogens is 196 g/mol. The Balaban J connectivity index is 1.99. The molecule has 2 nitrogen and oxygen atoms in total. The predicted molar refractivity (Wildman–Crippen MR) is 69.6 cm³/mol. The minimum absolute atomic E-state index is 0.352. The van der Waals surface area contributed by atoms with Crippen LogP contribution in [0.2, 0.25) is 0 Å². The van der Waals surface area contributed by atoms with Gasteiger partial charge in [-0.3, -0.25) is 4.90 Å². The van der Waals surface area contributed by atoms with Crippen LogP contribution in [0.1, 0.15) is 40.0 Å². The molecule has 0 amide bonds. The van der Waals surface area contributed by atoms with E-state index in [1.54, 1.807) is 0 Å². The fraction of sp³-hybridized carbons (Fsp3) is 0.857. The van der Waals surface area contributed by atoms with E-state index >= 15 is 0 Å². The van der Waals surface area contributed by atoms with E-state index in [4.69, 9.17) is 0 Å². The molecule has 92 valence electrons. The third kappa shape index (κ3) is 2.49. The lowest BCUT2D eigenvalue weighted by molar-refractivity contribution is 0.0553. The Morgan fingerprint density at radius 1 is 1.44 bits per heavy atom. The SMILES string of the molecule is C/C=C/CN1CC(C2CC2)NCC1(C)CC. The van der Waals surface area contributed by atoms with Gasteiger partial charge in [0.2, 0.25) is 0 Å². The summed E-state index contributed by atoms with van der Waals surface area (Å²) in [4.78, 5) is 2.67. The Labute approximate surface area is 100 Å². The topological polar surface area (TPSA) is 15.3 Å². The molecule has 2 unspecified atom stereocenters. The van der Waals surface area contributed by atoms with E-state index in [0.29, 0.717) is 5.54 Å². The van der Waals surface area contributed by atoms with Crippen LogP contribution in [0.4, 0.5) is 0 Å². The normalized spacial score (nSPS) is 37.1. The Morgan fingerprint density at radius 2 is 2.19 bits per heavy atom. The molecule has 2 aliphatic rings. The summed E-state index contributed by atoms with van der Waals surface area (Å²) in [5.74, 6) is 0.967. The first-order valence-electron chi connectivity index (χ1n) is 6.79. The molecule has 1 saturated carbocycles. The van der Waals surface area contributed by atoms with Gasteiger partial charge in [0.1, 0.15) is 0 Å². The monoisotopic (exact) mass is 222 g/mol. The van der Waals surface area contributed by atoms with Crippen molar-refractivity contribution in [2.24, 2.45) is 5.92 Å². The Kier molecular flexibility index (Phi) is 3.70. The molecular formula is C14H26N2. The van der Waals surface area contributed by atoms with Crippen LogP contribution in [0.3, 0.4) is 0 Å². The van der Waals surface area contributed by atoms with Crippen molar-refractivity contribution in [3.8, 4) is 0 Å². The Morgan fingerprint density at radius 3 is 2.75 bits per heavy atom. The second-order valence-electron chi connectivity index (χ2n) is 5.65. The zero-order chi connectivity index (χ0) is 11.6. The quantitative estimate of drug-likeness (QED) is 0.735. The molecule has 1 aliphatic heterocycles. The van der Waals surface area contributed by atoms with Gasteiger partial charge in [-0.2, -0.15) is 0 Å². The lowest BCUT2D eigenvalue weighted by Gasteiger charge is -2.47. The lowest BCUT2D eigenvalue weighted by Crippen LogP contribution is -2.63. The van der Waals surface area contributed by atoms with Crippen LogP contribution < -0.4 is 5.32 Å². The summed E-state index contributed by atoms with van der Waals surface area (Å²) in [5, 5.41) is 3.76. The number of piperazine rings is 1. The van der Waals surface area contributed by atoms with E-state index in [2.05, 4.69) is 43.1 Å². The Bertz CT molecular complexity index is 257. The van der Waals surface area contributed by atoms with Crippen LogP contribution in [0.25, 0.3) is 0 Å². The largest absolute Gasteiger partial charge is 0.311 e. The molecule has 2 atom stereocenters. The van der Waals surface area contributed by atoms with Crippen LogP contribution in [0.5, 0.6) is 0 Å². The van der Waals surface area contributed by atoms with Crippen molar-refractivity contribution < 1.29 is 0 Å². The number of nitrogens with one attached hydrogen (secondary N) is 1. The fourth-order valence-corrected chi connectivity index (χ4v) is 2.68. The first kappa shape index (κ1) is 12.1. The van der Waals surface area contributed by atoms with Gasteiger partial charge in [0, 0.05) is 31.2 Å². The van der Waals surface area contributed by atoms with Gasteiger partial charge in [-0.1, -0.05) is 19.1 Å². The maximum Gasteiger partial charge on any atom is 0.0307 e. The van der Waals surface area contributed by atoms with Crippen molar-refractivity contribution in [1.82, 2.24) is 10.2 Å². The fourth-order valence-electron chi connectivity index (χ4n) is 2.68. The lowest BCUT2D eigenvalue weighted by atomic mass is 9.91. The summed E-state index contributed by atoms with van der Waals surface area (Å²) in [6.07, 6.45) is 8.58. The van der Waals surface area contributed by atoms with E-state index in [1.165, 1.54) is 25.8 Å². The first-order valence-corrected chi connectivity index (χ1v) is 6.79. The third-order valence-electron chi connectivity index (χ3n) is 4.44. The van der Waals surface area contributed by atoms with Gasteiger partial charge >= 0.3 is 0 Å². The van der Waals surface area contributed by atoms with Gasteiger partial charge in [0.15, 0.2) is 0 Å². The summed E-state index contributed by atoms with van der Waals surface area (Å²) in [5.41, 5.74) is 0.352. The molecule has 2 heteroatoms. The number of allylic oxidation sites excluding steroid dienone is 1. The van der Waals surface area contributed by atoms with Crippen LogP contribution in [0, 0.1) is 5.92 Å². The van der Waals surface area contributed by atoms with E-state index in [0.717, 1.165) is 25.0 Å². The van der Waals surface area contributed by atoms with Gasteiger partial charge in [0.05, 0.1) is 0 Å². The molecule has 1 heterocycles. The second kappa shape index (κ2) is 4.89. The van der Waals surface area contributed by atoms with E-state index in [1.807, 2.05) is 0 Å². The molecule has 1 N–H and O–H groups in total. The van der Waals surface area contributed by atoms with Crippen molar-refractivity contribution in [3.05, 3.63) is 12.2 Å². The van der Waals surface area contributed by atoms with E-state index < -0.39 is 0 Å². The van der Waals surface area contributed by atoms with E-state index in [9.17, 15) is 0 Å². The van der Waals surface area contributed by atoms with Crippen molar-refractivity contribution in [1.29, 1.82) is 0 Å². The molecule has 0 aromatic carbocycles. The van der Waals surface area contributed by atoms with Crippen LogP contribution in [0.15, 0.2) is 12.2 Å². The molecule has 0 aromatic rings. The number of rotatable bonds is 4. The zero-order valence-electron chi connectivity index (χ0n) is 11.0. The van der Waals surface area contributed by atoms with Crippen LogP contribution in [-0.4, -0.2) is 36.1 Å². The minimum atomic E-state index is 0.352. The average Bonchev–Trinajstić information content (AvgIpc) is 3.12. The van der Waals surface area contributed by atoms with Crippen LogP contribution in [-0.2, 0) is 0 Å². The smallest absolute Gasteiger partial charge is 0.0307 e. The van der Waals surface area contributed by atoms with Gasteiger partial charge in [-0.05, 0) is 39.0 Å². The average molecular weight is 222 g/mol. The number of hydrogen-bond donors (Lipinski definition) is 1. The summed E-state index contributed by atoms with van der Waals surface area (Å²) < 4.78 is 0. The Hall–Kier alpha value is -0.340. The highest BCUT2D eigenvalue weighted by Gasteiger charge is 2.41. The van der Waals surface area contributed by atoms with Gasteiger partial charge in [-0.25, -0.2) is 0 Å². The molecule has 0 aromatic heterocycles. The molecule has 1 aliphatic carbocycles. The summed E-state index contributed by atoms with van der Waals surface area (Å²) in [7, 11) is 0. The summed E-state index contributed by atoms with van der Waals surface area (Å²) in [6, 6.07) is 0.755.